The maximum absolute atomic E-state index is 11.8. The molecule has 0 bridgehead atoms. The number of esters is 1. The second kappa shape index (κ2) is 7.85. The van der Waals surface area contributed by atoms with E-state index in [4.69, 9.17) is 4.74 Å². The van der Waals surface area contributed by atoms with Gasteiger partial charge in [0, 0.05) is 67.0 Å². The largest absolute Gasteiger partial charge is 0.465 e. The van der Waals surface area contributed by atoms with Crippen LogP contribution >= 0.6 is 0 Å². The van der Waals surface area contributed by atoms with Crippen molar-refractivity contribution in [3.63, 3.8) is 0 Å². The summed E-state index contributed by atoms with van der Waals surface area (Å²) in [5, 5.41) is 1.79. The fourth-order valence-corrected chi connectivity index (χ4v) is 3.01. The number of nitrogens with one attached hydrogen (secondary N) is 1. The molecule has 0 atom stereocenters. The number of pyridine rings is 1. The summed E-state index contributed by atoms with van der Waals surface area (Å²) in [5.41, 5.74) is 2.61. The van der Waals surface area contributed by atoms with Crippen LogP contribution < -0.4 is 10.1 Å². The minimum absolute atomic E-state index is 0.228. The molecule has 1 fully saturated rings. The highest BCUT2D eigenvalue weighted by Crippen LogP contribution is 2.23. The summed E-state index contributed by atoms with van der Waals surface area (Å²) in [6, 6.07) is 9.21. The molecular weight excluding hydrogens is 320 g/mol. The van der Waals surface area contributed by atoms with Crippen LogP contribution in [-0.4, -0.2) is 49.1 Å². The fourth-order valence-electron chi connectivity index (χ4n) is 3.01. The van der Waals surface area contributed by atoms with E-state index in [9.17, 15) is 9.70 Å². The Bertz CT molecular complexity index is 743. The standard InChI is InChI=1S/C18H20N4O3/c1-25-18(23)16-11-15(4-5-17(16)20-24)22-9-7-21(8-10-22)13-14-3-2-6-19-12-14/h2-6,11-12H,7-10,13H2,1H3/p+1. The number of hydrogen-bond donors (Lipinski definition) is 1. The predicted octanol–water partition coefficient (Wildman–Crippen LogP) is 0.669. The molecule has 1 N–H and O–H groups in total. The Labute approximate surface area is 146 Å². The number of aromatic nitrogens is 1. The Morgan fingerprint density at radius 2 is 2.04 bits per heavy atom. The molecule has 0 spiro atoms. The van der Waals surface area contributed by atoms with Crippen molar-refractivity contribution in [3.05, 3.63) is 58.8 Å². The van der Waals surface area contributed by atoms with Crippen molar-refractivity contribution in [2.24, 2.45) is 0 Å². The second-order valence-electron chi connectivity index (χ2n) is 5.95. The van der Waals surface area contributed by atoms with Gasteiger partial charge in [0.15, 0.2) is 0 Å². The van der Waals surface area contributed by atoms with Crippen molar-refractivity contribution < 1.29 is 14.7 Å². The Morgan fingerprint density at radius 3 is 2.68 bits per heavy atom. The second-order valence-corrected chi connectivity index (χ2v) is 5.95. The van der Waals surface area contributed by atoms with E-state index in [0.29, 0.717) is 0 Å². The zero-order valence-electron chi connectivity index (χ0n) is 14.1. The van der Waals surface area contributed by atoms with E-state index in [0.717, 1.165) is 38.4 Å². The van der Waals surface area contributed by atoms with Crippen molar-refractivity contribution in [1.82, 2.24) is 9.88 Å². The lowest BCUT2D eigenvalue weighted by molar-refractivity contribution is -0.379. The molecule has 0 amide bonds. The maximum Gasteiger partial charge on any atom is 0.344 e. The maximum atomic E-state index is 11.8. The third kappa shape index (κ3) is 4.00. The zero-order valence-corrected chi connectivity index (χ0v) is 14.1. The summed E-state index contributed by atoms with van der Waals surface area (Å²) >= 11 is 0. The van der Waals surface area contributed by atoms with Crippen LogP contribution in [0.1, 0.15) is 15.9 Å². The van der Waals surface area contributed by atoms with Crippen molar-refractivity contribution in [1.29, 1.82) is 0 Å². The highest BCUT2D eigenvalue weighted by atomic mass is 16.5. The van der Waals surface area contributed by atoms with E-state index in [1.54, 1.807) is 23.5 Å². The highest BCUT2D eigenvalue weighted by molar-refractivity contribution is 5.94. The van der Waals surface area contributed by atoms with Gasteiger partial charge in [0.05, 0.1) is 7.11 Å². The normalized spacial score (nSPS) is 15.0. The molecular formula is C18H21N4O3+. The first-order valence-electron chi connectivity index (χ1n) is 8.18. The molecule has 0 unspecified atom stereocenters. The van der Waals surface area contributed by atoms with E-state index in [-0.39, 0.29) is 11.3 Å². The molecule has 2 aromatic rings. The van der Waals surface area contributed by atoms with Gasteiger partial charge in [-0.3, -0.25) is 9.88 Å². The van der Waals surface area contributed by atoms with Crippen LogP contribution in [0.25, 0.3) is 0 Å². The Balaban J connectivity index is 1.66. The average molecular weight is 341 g/mol. The van der Waals surface area contributed by atoms with Gasteiger partial charge in [-0.1, -0.05) is 6.07 Å². The van der Waals surface area contributed by atoms with Gasteiger partial charge >= 0.3 is 5.97 Å². The number of rotatable bonds is 5. The van der Waals surface area contributed by atoms with Gasteiger partial charge < -0.3 is 9.64 Å². The van der Waals surface area contributed by atoms with Crippen LogP contribution in [0.2, 0.25) is 0 Å². The lowest BCUT2D eigenvalue weighted by atomic mass is 10.1. The number of piperazine rings is 1. The topological polar surface area (TPSA) is 76.7 Å². The third-order valence-electron chi connectivity index (χ3n) is 4.38. The van der Waals surface area contributed by atoms with Gasteiger partial charge in [0.25, 0.3) is 5.69 Å². The first kappa shape index (κ1) is 17.0. The molecule has 0 aliphatic carbocycles. The van der Waals surface area contributed by atoms with Gasteiger partial charge in [-0.2, -0.15) is 0 Å². The Hall–Kier alpha value is -2.80. The Kier molecular flexibility index (Phi) is 5.35. The number of ether oxygens (including phenoxy) is 1. The van der Waals surface area contributed by atoms with Crippen molar-refractivity contribution >= 4 is 17.3 Å². The van der Waals surface area contributed by atoms with E-state index in [2.05, 4.69) is 20.9 Å². The van der Waals surface area contributed by atoms with Crippen LogP contribution in [0.3, 0.4) is 0 Å². The monoisotopic (exact) mass is 341 g/mol. The molecule has 3 rings (SSSR count). The summed E-state index contributed by atoms with van der Waals surface area (Å²) in [6.07, 6.45) is 3.67. The van der Waals surface area contributed by atoms with E-state index < -0.39 is 5.97 Å². The molecule has 1 aromatic carbocycles. The SMILES string of the molecule is COC(=O)c1cc(N2CCN(Cc3cccnc3)CC2)ccc1[NH+]=O. The zero-order chi connectivity index (χ0) is 17.6. The number of methoxy groups -OCH3 is 1. The van der Waals surface area contributed by atoms with Gasteiger partial charge in [-0.25, -0.2) is 4.79 Å². The van der Waals surface area contributed by atoms with Gasteiger partial charge in [0.1, 0.15) is 5.56 Å². The minimum atomic E-state index is -0.518. The number of carbonyl (C=O) groups is 1. The first-order valence-corrected chi connectivity index (χ1v) is 8.18. The quantitative estimate of drug-likeness (QED) is 0.806. The van der Waals surface area contributed by atoms with Gasteiger partial charge in [0.2, 0.25) is 0 Å². The van der Waals surface area contributed by atoms with Crippen LogP contribution in [0, 0.1) is 4.91 Å². The number of hydrogen-bond acceptors (Lipinski definition) is 6. The summed E-state index contributed by atoms with van der Waals surface area (Å²) in [6.45, 7) is 4.43. The lowest BCUT2D eigenvalue weighted by Crippen LogP contribution is -2.56. The molecule has 2 heterocycles. The predicted molar refractivity (Wildman–Crippen MR) is 93.5 cm³/mol. The molecule has 7 heteroatoms. The fraction of sp³-hybridized carbons (Fsp3) is 0.333. The van der Waals surface area contributed by atoms with Crippen LogP contribution in [0.4, 0.5) is 11.4 Å². The Morgan fingerprint density at radius 1 is 1.24 bits per heavy atom. The molecule has 7 nitrogen and oxygen atoms in total. The molecule has 0 saturated carbocycles. The smallest absolute Gasteiger partial charge is 0.344 e. The van der Waals surface area contributed by atoms with Crippen molar-refractivity contribution in [2.45, 2.75) is 6.54 Å². The summed E-state index contributed by atoms with van der Waals surface area (Å²) in [7, 11) is 1.31. The molecule has 1 aliphatic rings. The van der Waals surface area contributed by atoms with E-state index in [1.165, 1.54) is 12.7 Å². The first-order chi connectivity index (χ1) is 12.2. The summed E-state index contributed by atoms with van der Waals surface area (Å²) in [4.78, 5) is 31.6. The average Bonchev–Trinajstić information content (AvgIpc) is 2.68. The number of nitroso groups, excluding NO2 is 1. The van der Waals surface area contributed by atoms with Crippen LogP contribution in [-0.2, 0) is 11.3 Å². The molecule has 25 heavy (non-hydrogen) atoms. The number of nitrogens with zero attached hydrogens (tertiary/aromatic N) is 3. The van der Waals surface area contributed by atoms with Gasteiger partial charge in [-0.15, -0.1) is 0 Å². The molecule has 1 aromatic heterocycles. The number of benzene rings is 1. The van der Waals surface area contributed by atoms with Crippen LogP contribution in [0.15, 0.2) is 42.7 Å². The molecule has 130 valence electrons. The van der Waals surface area contributed by atoms with Crippen molar-refractivity contribution in [2.75, 3.05) is 38.2 Å². The van der Waals surface area contributed by atoms with E-state index >= 15 is 0 Å². The molecule has 1 saturated heterocycles. The van der Waals surface area contributed by atoms with Crippen LogP contribution in [0.5, 0.6) is 0 Å². The highest BCUT2D eigenvalue weighted by Gasteiger charge is 2.22. The van der Waals surface area contributed by atoms with E-state index in [1.807, 2.05) is 18.3 Å². The number of anilines is 1. The molecule has 0 radical (unpaired) electrons. The lowest BCUT2D eigenvalue weighted by Gasteiger charge is -2.36. The summed E-state index contributed by atoms with van der Waals surface area (Å²) in [5.74, 6) is -0.518. The summed E-state index contributed by atoms with van der Waals surface area (Å²) < 4.78 is 4.75. The number of carbonyl (C=O) groups excluding carboxylic acids is 1. The van der Waals surface area contributed by atoms with Crippen molar-refractivity contribution in [3.8, 4) is 0 Å². The third-order valence-corrected chi connectivity index (χ3v) is 4.38. The minimum Gasteiger partial charge on any atom is -0.465 e. The molecule has 1 aliphatic heterocycles. The van der Waals surface area contributed by atoms with Gasteiger partial charge in [-0.05, 0) is 23.8 Å².